The lowest BCUT2D eigenvalue weighted by atomic mass is 9.58. The number of fused-ring (bicyclic) bond motifs is 5. The third-order valence-electron chi connectivity index (χ3n) is 7.74. The van der Waals surface area contributed by atoms with Crippen molar-refractivity contribution in [2.24, 2.45) is 0 Å². The molecule has 0 spiro atoms. The van der Waals surface area contributed by atoms with Gasteiger partial charge in [-0.25, -0.2) is 0 Å². The van der Waals surface area contributed by atoms with Gasteiger partial charge in [0.05, 0.1) is 0 Å². The van der Waals surface area contributed by atoms with Crippen molar-refractivity contribution >= 4 is 27.3 Å². The third-order valence-corrected chi connectivity index (χ3v) is 7.74. The smallest absolute Gasteiger partial charge is 0.182 e. The van der Waals surface area contributed by atoms with Gasteiger partial charge in [-0.05, 0) is 50.7 Å². The molecule has 0 aromatic heterocycles. The summed E-state index contributed by atoms with van der Waals surface area (Å²) in [5.74, 6) is 0.303. The number of aromatic hydroxyl groups is 2. The number of hydrogen-bond donors (Lipinski definition) is 2. The topological polar surface area (TPSA) is 57.5 Å². The predicted molar refractivity (Wildman–Crippen MR) is 147 cm³/mol. The zero-order chi connectivity index (χ0) is 25.1. The van der Waals surface area contributed by atoms with Gasteiger partial charge in [-0.1, -0.05) is 109 Å². The molecule has 7 rings (SSSR count). The van der Waals surface area contributed by atoms with Crippen LogP contribution >= 0.6 is 0 Å². The second kappa shape index (κ2) is 7.81. The summed E-state index contributed by atoms with van der Waals surface area (Å²) >= 11 is 0. The van der Waals surface area contributed by atoms with Gasteiger partial charge in [0.15, 0.2) is 5.78 Å². The SMILES string of the molecule is O=C1c2ccccc2-c2ccccc2C1(c1cccc2c(O)cccc12)c1cccc2c(O)cccc12. The fourth-order valence-corrected chi connectivity index (χ4v) is 6.21. The van der Waals surface area contributed by atoms with E-state index in [4.69, 9.17) is 0 Å². The van der Waals surface area contributed by atoms with Crippen LogP contribution in [0.1, 0.15) is 27.0 Å². The molecule has 2 N–H and O–H groups in total. The van der Waals surface area contributed by atoms with Crippen LogP contribution in [0.15, 0.2) is 121 Å². The Morgan fingerprint density at radius 1 is 0.405 bits per heavy atom. The van der Waals surface area contributed by atoms with Crippen molar-refractivity contribution in [2.45, 2.75) is 5.41 Å². The Labute approximate surface area is 213 Å². The van der Waals surface area contributed by atoms with E-state index in [9.17, 15) is 10.2 Å². The zero-order valence-electron chi connectivity index (χ0n) is 19.8. The lowest BCUT2D eigenvalue weighted by Gasteiger charge is -2.41. The van der Waals surface area contributed by atoms with E-state index in [0.717, 1.165) is 38.6 Å². The number of benzene rings is 6. The van der Waals surface area contributed by atoms with Crippen LogP contribution in [-0.4, -0.2) is 16.0 Å². The number of carbonyl (C=O) groups is 1. The van der Waals surface area contributed by atoms with Crippen molar-refractivity contribution in [2.75, 3.05) is 0 Å². The Balaban J connectivity index is 1.75. The summed E-state index contributed by atoms with van der Waals surface area (Å²) in [6.07, 6.45) is 0. The van der Waals surface area contributed by atoms with Crippen molar-refractivity contribution < 1.29 is 15.0 Å². The van der Waals surface area contributed by atoms with E-state index in [1.807, 2.05) is 103 Å². The largest absolute Gasteiger partial charge is 0.507 e. The summed E-state index contributed by atoms with van der Waals surface area (Å²) in [5.41, 5.74) is 3.80. The molecule has 0 saturated carbocycles. The van der Waals surface area contributed by atoms with Gasteiger partial charge in [0.25, 0.3) is 0 Å². The number of phenols is 2. The molecule has 1 aliphatic rings. The molecule has 6 aromatic carbocycles. The van der Waals surface area contributed by atoms with Crippen molar-refractivity contribution in [3.05, 3.63) is 144 Å². The zero-order valence-corrected chi connectivity index (χ0v) is 19.8. The van der Waals surface area contributed by atoms with Crippen molar-refractivity contribution in [1.29, 1.82) is 0 Å². The first-order valence-corrected chi connectivity index (χ1v) is 12.3. The minimum Gasteiger partial charge on any atom is -0.507 e. The van der Waals surface area contributed by atoms with E-state index in [0.29, 0.717) is 16.3 Å². The number of hydrogen-bond acceptors (Lipinski definition) is 3. The Kier molecular flexibility index (Phi) is 4.51. The van der Waals surface area contributed by atoms with Crippen LogP contribution in [0, 0.1) is 0 Å². The quantitative estimate of drug-likeness (QED) is 0.269. The highest BCUT2D eigenvalue weighted by Crippen LogP contribution is 2.54. The molecule has 0 radical (unpaired) electrons. The lowest BCUT2D eigenvalue weighted by molar-refractivity contribution is 0.0934. The summed E-state index contributed by atoms with van der Waals surface area (Å²) in [7, 11) is 0. The van der Waals surface area contributed by atoms with Crippen molar-refractivity contribution in [3.8, 4) is 22.6 Å². The van der Waals surface area contributed by atoms with Crippen LogP contribution in [0.5, 0.6) is 11.5 Å². The number of phenolic OH excluding ortho intramolecular Hbond substituents is 2. The predicted octanol–water partition coefficient (Wildman–Crippen LogP) is 7.60. The van der Waals surface area contributed by atoms with Gasteiger partial charge in [0.2, 0.25) is 0 Å². The second-order valence-corrected chi connectivity index (χ2v) is 9.53. The molecule has 0 fully saturated rings. The fourth-order valence-electron chi connectivity index (χ4n) is 6.21. The first-order chi connectivity index (χ1) is 18.1. The van der Waals surface area contributed by atoms with E-state index in [1.54, 1.807) is 12.1 Å². The number of rotatable bonds is 2. The van der Waals surface area contributed by atoms with Crippen LogP contribution in [0.2, 0.25) is 0 Å². The highest BCUT2D eigenvalue weighted by molar-refractivity contribution is 6.20. The Morgan fingerprint density at radius 2 is 0.838 bits per heavy atom. The molecule has 6 aromatic rings. The molecule has 0 aliphatic heterocycles. The van der Waals surface area contributed by atoms with Crippen LogP contribution in [0.4, 0.5) is 0 Å². The first kappa shape index (κ1) is 21.4. The van der Waals surface area contributed by atoms with E-state index in [-0.39, 0.29) is 17.3 Å². The van der Waals surface area contributed by atoms with E-state index in [1.165, 1.54) is 0 Å². The van der Waals surface area contributed by atoms with Gasteiger partial charge < -0.3 is 10.2 Å². The summed E-state index contributed by atoms with van der Waals surface area (Å²) in [6, 6.07) is 38.3. The standard InChI is InChI=1S/C34H22O3/c35-31-19-7-12-23-25(31)14-5-17-29(23)34(30-18-6-15-26-24(30)13-8-20-32(26)36)28-16-4-3-10-22(28)21-9-1-2-11-27(21)33(34)37/h1-20,35-36H. The van der Waals surface area contributed by atoms with E-state index >= 15 is 4.79 Å². The Bertz CT molecular complexity index is 1800. The normalized spacial score (nSPS) is 13.9. The fraction of sp³-hybridized carbons (Fsp3) is 0.0294. The van der Waals surface area contributed by atoms with Crippen LogP contribution < -0.4 is 0 Å². The molecular formula is C34H22O3. The van der Waals surface area contributed by atoms with Gasteiger partial charge in [-0.2, -0.15) is 0 Å². The maximum absolute atomic E-state index is 15.0. The van der Waals surface area contributed by atoms with Crippen LogP contribution in [0.3, 0.4) is 0 Å². The highest BCUT2D eigenvalue weighted by atomic mass is 16.3. The molecule has 3 nitrogen and oxygen atoms in total. The van der Waals surface area contributed by atoms with Gasteiger partial charge in [0, 0.05) is 16.3 Å². The highest BCUT2D eigenvalue weighted by Gasteiger charge is 2.50. The average molecular weight is 479 g/mol. The van der Waals surface area contributed by atoms with E-state index < -0.39 is 5.41 Å². The maximum atomic E-state index is 15.0. The molecule has 3 heteroatoms. The first-order valence-electron chi connectivity index (χ1n) is 12.3. The monoisotopic (exact) mass is 478 g/mol. The summed E-state index contributed by atoms with van der Waals surface area (Å²) in [6.45, 7) is 0. The number of carbonyl (C=O) groups excluding carboxylic acids is 1. The minimum atomic E-state index is -1.22. The van der Waals surface area contributed by atoms with Gasteiger partial charge in [-0.3, -0.25) is 4.79 Å². The van der Waals surface area contributed by atoms with Crippen molar-refractivity contribution in [3.63, 3.8) is 0 Å². The van der Waals surface area contributed by atoms with Crippen LogP contribution in [-0.2, 0) is 5.41 Å². The minimum absolute atomic E-state index is 0.0338. The van der Waals surface area contributed by atoms with Gasteiger partial charge >= 0.3 is 0 Å². The molecule has 0 heterocycles. The Morgan fingerprint density at radius 3 is 1.43 bits per heavy atom. The number of Topliss-reactive ketones (excluding diaryl/α,β-unsaturated/α-hetero) is 1. The van der Waals surface area contributed by atoms with Gasteiger partial charge in [0.1, 0.15) is 16.9 Å². The molecule has 0 amide bonds. The Hall–Kier alpha value is -4.89. The molecule has 0 unspecified atom stereocenters. The summed E-state index contributed by atoms with van der Waals surface area (Å²) in [4.78, 5) is 15.0. The third kappa shape index (κ3) is 2.80. The van der Waals surface area contributed by atoms with Crippen LogP contribution in [0.25, 0.3) is 32.7 Å². The molecule has 176 valence electrons. The number of ketones is 1. The molecule has 1 aliphatic carbocycles. The van der Waals surface area contributed by atoms with Crippen molar-refractivity contribution in [1.82, 2.24) is 0 Å². The summed E-state index contributed by atoms with van der Waals surface area (Å²) in [5, 5.41) is 24.5. The average Bonchev–Trinajstić information content (AvgIpc) is 2.94. The molecule has 0 atom stereocenters. The summed E-state index contributed by atoms with van der Waals surface area (Å²) < 4.78 is 0. The molecule has 37 heavy (non-hydrogen) atoms. The second-order valence-electron chi connectivity index (χ2n) is 9.53. The lowest BCUT2D eigenvalue weighted by Crippen LogP contribution is -2.42. The maximum Gasteiger partial charge on any atom is 0.182 e. The molecule has 0 saturated heterocycles. The van der Waals surface area contributed by atoms with E-state index in [2.05, 4.69) is 6.07 Å². The molecule has 0 bridgehead atoms. The molecular weight excluding hydrogens is 456 g/mol. The van der Waals surface area contributed by atoms with Gasteiger partial charge in [-0.15, -0.1) is 0 Å².